The van der Waals surface area contributed by atoms with Gasteiger partial charge in [0.2, 0.25) is 5.16 Å². The van der Waals surface area contributed by atoms with Gasteiger partial charge in [0.15, 0.2) is 5.78 Å². The molecule has 114 valence electrons. The Bertz CT molecular complexity index is 939. The highest BCUT2D eigenvalue weighted by atomic mass is 32.2. The number of imidazole rings is 1. The number of carbonyl (C=O) groups is 1. The number of fused-ring (bicyclic) bond motifs is 3. The highest BCUT2D eigenvalue weighted by Gasteiger charge is 2.19. The number of hydrogen-bond donors (Lipinski definition) is 0. The van der Waals surface area contributed by atoms with Crippen LogP contribution in [0.5, 0.6) is 0 Å². The summed E-state index contributed by atoms with van der Waals surface area (Å²) in [5.74, 6) is -0.342. The Morgan fingerprint density at radius 2 is 2.05 bits per heavy atom. The van der Waals surface area contributed by atoms with Gasteiger partial charge in [-0.25, -0.2) is 23.7 Å². The molecule has 0 saturated carbocycles. The third-order valence-electron chi connectivity index (χ3n) is 3.13. The molecule has 0 aliphatic carbocycles. The van der Waals surface area contributed by atoms with Crippen molar-refractivity contribution in [1.82, 2.24) is 19.4 Å². The van der Waals surface area contributed by atoms with Crippen LogP contribution in [0.25, 0.3) is 16.7 Å². The SMILES string of the molecule is CC(=O)c1cn2c(n1)c(C(F)F)cc1cnc(S(C)=O)nc12. The zero-order chi connectivity index (χ0) is 16.0. The molecule has 3 rings (SSSR count). The maximum atomic E-state index is 13.2. The molecule has 22 heavy (non-hydrogen) atoms. The van der Waals surface area contributed by atoms with Crippen LogP contribution in [0, 0.1) is 0 Å². The fourth-order valence-electron chi connectivity index (χ4n) is 2.11. The van der Waals surface area contributed by atoms with Crippen LogP contribution in [-0.4, -0.2) is 35.6 Å². The number of aromatic nitrogens is 4. The van der Waals surface area contributed by atoms with Gasteiger partial charge in [-0.3, -0.25) is 13.4 Å². The van der Waals surface area contributed by atoms with E-state index in [4.69, 9.17) is 0 Å². The summed E-state index contributed by atoms with van der Waals surface area (Å²) in [7, 11) is -1.42. The lowest BCUT2D eigenvalue weighted by Gasteiger charge is -2.07. The zero-order valence-electron chi connectivity index (χ0n) is 11.6. The molecule has 0 aliphatic rings. The molecule has 0 N–H and O–H groups in total. The largest absolute Gasteiger partial charge is 0.293 e. The number of hydrogen-bond acceptors (Lipinski definition) is 5. The molecule has 0 bridgehead atoms. The Morgan fingerprint density at radius 3 is 2.64 bits per heavy atom. The minimum atomic E-state index is -2.76. The first-order chi connectivity index (χ1) is 10.4. The van der Waals surface area contributed by atoms with Gasteiger partial charge in [0.05, 0.1) is 16.4 Å². The average Bonchev–Trinajstić information content (AvgIpc) is 2.90. The van der Waals surface area contributed by atoms with Gasteiger partial charge in [0, 0.05) is 31.0 Å². The minimum absolute atomic E-state index is 0.0424. The van der Waals surface area contributed by atoms with E-state index in [1.54, 1.807) is 0 Å². The van der Waals surface area contributed by atoms with Crippen molar-refractivity contribution in [2.45, 2.75) is 18.5 Å². The predicted molar refractivity (Wildman–Crippen MR) is 75.6 cm³/mol. The molecule has 0 fully saturated rings. The first-order valence-corrected chi connectivity index (χ1v) is 7.75. The number of halogens is 2. The number of pyridine rings is 1. The van der Waals surface area contributed by atoms with Gasteiger partial charge in [0.1, 0.15) is 17.0 Å². The first kappa shape index (κ1) is 14.6. The Hall–Kier alpha value is -2.29. The third-order valence-corrected chi connectivity index (χ3v) is 3.84. The second-order valence-corrected chi connectivity index (χ2v) is 5.94. The van der Waals surface area contributed by atoms with E-state index < -0.39 is 17.2 Å². The summed E-state index contributed by atoms with van der Waals surface area (Å²) >= 11 is 0. The molecule has 0 aromatic carbocycles. The molecular formula is C13H10F2N4O2S. The Balaban J connectivity index is 2.46. The number of rotatable bonds is 3. The quantitative estimate of drug-likeness (QED) is 0.545. The molecule has 6 nitrogen and oxygen atoms in total. The molecule has 3 aromatic heterocycles. The molecule has 3 heterocycles. The van der Waals surface area contributed by atoms with E-state index in [9.17, 15) is 17.8 Å². The van der Waals surface area contributed by atoms with E-state index in [-0.39, 0.29) is 33.5 Å². The van der Waals surface area contributed by atoms with Crippen molar-refractivity contribution in [2.24, 2.45) is 0 Å². The van der Waals surface area contributed by atoms with Crippen molar-refractivity contribution in [3.8, 4) is 0 Å². The fraction of sp³-hybridized carbons (Fsp3) is 0.231. The van der Waals surface area contributed by atoms with Crippen LogP contribution in [0.4, 0.5) is 8.78 Å². The van der Waals surface area contributed by atoms with Crippen molar-refractivity contribution < 1.29 is 17.8 Å². The standard InChI is InChI=1S/C13H10F2N4O2S/c1-6(20)9-5-19-11-7(4-16-13(18-11)22(2)21)3-8(10(14)15)12(19)17-9/h3-5,10H,1-2H3. The Labute approximate surface area is 125 Å². The smallest absolute Gasteiger partial charge is 0.267 e. The molecular weight excluding hydrogens is 314 g/mol. The van der Waals surface area contributed by atoms with Crippen molar-refractivity contribution in [1.29, 1.82) is 0 Å². The van der Waals surface area contributed by atoms with Crippen molar-refractivity contribution in [3.05, 3.63) is 29.7 Å². The second kappa shape index (κ2) is 5.16. The highest BCUT2D eigenvalue weighted by molar-refractivity contribution is 7.84. The molecule has 9 heteroatoms. The molecule has 1 atom stereocenters. The number of ketones is 1. The van der Waals surface area contributed by atoms with Gasteiger partial charge in [-0.2, -0.15) is 0 Å². The van der Waals surface area contributed by atoms with Gasteiger partial charge in [-0.15, -0.1) is 0 Å². The van der Waals surface area contributed by atoms with Crippen LogP contribution in [0.1, 0.15) is 29.4 Å². The topological polar surface area (TPSA) is 77.2 Å². The zero-order valence-corrected chi connectivity index (χ0v) is 12.4. The summed E-state index contributed by atoms with van der Waals surface area (Å²) in [5.41, 5.74) is -0.0139. The number of alkyl halides is 2. The minimum Gasteiger partial charge on any atom is -0.293 e. The lowest BCUT2D eigenvalue weighted by atomic mass is 10.2. The maximum absolute atomic E-state index is 13.2. The van der Waals surface area contributed by atoms with E-state index in [0.717, 1.165) is 0 Å². The van der Waals surface area contributed by atoms with Crippen LogP contribution >= 0.6 is 0 Å². The van der Waals surface area contributed by atoms with Crippen LogP contribution in [-0.2, 0) is 10.8 Å². The van der Waals surface area contributed by atoms with E-state index >= 15 is 0 Å². The highest BCUT2D eigenvalue weighted by Crippen LogP contribution is 2.28. The van der Waals surface area contributed by atoms with Crippen LogP contribution < -0.4 is 0 Å². The van der Waals surface area contributed by atoms with Crippen molar-refractivity contribution in [2.75, 3.05) is 6.26 Å². The van der Waals surface area contributed by atoms with E-state index in [0.29, 0.717) is 5.39 Å². The maximum Gasteiger partial charge on any atom is 0.267 e. The summed E-state index contributed by atoms with van der Waals surface area (Å²) in [6, 6.07) is 1.23. The number of Topliss-reactive ketones (excluding diaryl/α,β-unsaturated/α-hetero) is 1. The Kier molecular flexibility index (Phi) is 3.44. The van der Waals surface area contributed by atoms with Crippen molar-refractivity contribution >= 4 is 33.3 Å². The lowest BCUT2D eigenvalue weighted by Crippen LogP contribution is -2.02. The normalized spacial score (nSPS) is 13.1. The van der Waals surface area contributed by atoms with Gasteiger partial charge in [-0.05, 0) is 6.07 Å². The molecule has 0 amide bonds. The molecule has 3 aromatic rings. The lowest BCUT2D eigenvalue weighted by molar-refractivity contribution is 0.101. The fourth-order valence-corrected chi connectivity index (χ4v) is 2.52. The van der Waals surface area contributed by atoms with Crippen molar-refractivity contribution in [3.63, 3.8) is 0 Å². The van der Waals surface area contributed by atoms with Gasteiger partial charge in [0.25, 0.3) is 6.43 Å². The molecule has 0 spiro atoms. The van der Waals surface area contributed by atoms with E-state index in [1.165, 1.54) is 36.0 Å². The van der Waals surface area contributed by atoms with E-state index in [1.807, 2.05) is 0 Å². The van der Waals surface area contributed by atoms with Gasteiger partial charge >= 0.3 is 0 Å². The molecule has 1 unspecified atom stereocenters. The Morgan fingerprint density at radius 1 is 1.32 bits per heavy atom. The summed E-state index contributed by atoms with van der Waals surface area (Å²) < 4.78 is 39.2. The van der Waals surface area contributed by atoms with Gasteiger partial charge in [-0.1, -0.05) is 0 Å². The van der Waals surface area contributed by atoms with Crippen LogP contribution in [0.15, 0.2) is 23.6 Å². The van der Waals surface area contributed by atoms with Crippen LogP contribution in [0.2, 0.25) is 0 Å². The summed E-state index contributed by atoms with van der Waals surface area (Å²) in [4.78, 5) is 23.4. The number of carbonyl (C=O) groups excluding carboxylic acids is 1. The molecule has 0 aliphatic heterocycles. The first-order valence-electron chi connectivity index (χ1n) is 6.19. The third kappa shape index (κ3) is 2.27. The molecule has 0 saturated heterocycles. The van der Waals surface area contributed by atoms with Crippen LogP contribution in [0.3, 0.4) is 0 Å². The number of nitrogens with zero attached hydrogens (tertiary/aromatic N) is 4. The van der Waals surface area contributed by atoms with Gasteiger partial charge < -0.3 is 0 Å². The summed E-state index contributed by atoms with van der Waals surface area (Å²) in [6.45, 7) is 1.30. The summed E-state index contributed by atoms with van der Waals surface area (Å²) in [5, 5.41) is 0.432. The second-order valence-electron chi connectivity index (χ2n) is 4.66. The summed E-state index contributed by atoms with van der Waals surface area (Å²) in [6.07, 6.45) is 1.34. The average molecular weight is 324 g/mol. The monoisotopic (exact) mass is 324 g/mol. The van der Waals surface area contributed by atoms with E-state index in [2.05, 4.69) is 15.0 Å². The molecule has 0 radical (unpaired) electrons. The predicted octanol–water partition coefficient (Wildman–Crippen LogP) is 2.16.